The molecule has 0 radical (unpaired) electrons. The normalized spacial score (nSPS) is 34.8. The summed E-state index contributed by atoms with van der Waals surface area (Å²) in [5, 5.41) is 8.77. The zero-order valence-electron chi connectivity index (χ0n) is 7.16. The van der Waals surface area contributed by atoms with E-state index in [-0.39, 0.29) is 6.42 Å². The third-order valence-corrected chi connectivity index (χ3v) is 2.46. The van der Waals surface area contributed by atoms with Gasteiger partial charge in [0.05, 0.1) is 6.42 Å². The van der Waals surface area contributed by atoms with E-state index >= 15 is 0 Å². The van der Waals surface area contributed by atoms with E-state index in [1.165, 1.54) is 0 Å². The molecule has 1 saturated heterocycles. The van der Waals surface area contributed by atoms with E-state index in [1.807, 2.05) is 6.92 Å². The Labute approximate surface area is 70.5 Å². The van der Waals surface area contributed by atoms with Crippen LogP contribution < -0.4 is 0 Å². The van der Waals surface area contributed by atoms with Gasteiger partial charge in [-0.25, -0.2) is 0 Å². The van der Waals surface area contributed by atoms with E-state index in [4.69, 9.17) is 9.84 Å². The summed E-state index contributed by atoms with van der Waals surface area (Å²) < 4.78 is 4.95. The summed E-state index contributed by atoms with van der Waals surface area (Å²) in [6.45, 7) is 3.48. The first-order valence-electron chi connectivity index (χ1n) is 3.94. The maximum atomic E-state index is 10.8. The van der Waals surface area contributed by atoms with E-state index in [0.717, 1.165) is 0 Å². The van der Waals surface area contributed by atoms with Crippen molar-refractivity contribution in [3.05, 3.63) is 0 Å². The van der Waals surface area contributed by atoms with Crippen molar-refractivity contribution in [3.63, 3.8) is 0 Å². The van der Waals surface area contributed by atoms with Crippen molar-refractivity contribution < 1.29 is 19.4 Å². The fourth-order valence-electron chi connectivity index (χ4n) is 1.42. The van der Waals surface area contributed by atoms with Crippen LogP contribution in [0.3, 0.4) is 0 Å². The molecule has 12 heavy (non-hydrogen) atoms. The Balaban J connectivity index is 2.86. The summed E-state index contributed by atoms with van der Waals surface area (Å²) in [6.07, 6.45) is 0.537. The maximum absolute atomic E-state index is 10.8. The molecule has 4 heteroatoms. The smallest absolute Gasteiger partial charge is 0.311 e. The summed E-state index contributed by atoms with van der Waals surface area (Å²) in [5.41, 5.74) is -0.803. The number of cyclic esters (lactones) is 1. The first kappa shape index (κ1) is 9.03. The summed E-state index contributed by atoms with van der Waals surface area (Å²) in [7, 11) is 0. The minimum Gasteiger partial charge on any atom is -0.481 e. The van der Waals surface area contributed by atoms with Crippen molar-refractivity contribution in [2.45, 2.75) is 32.3 Å². The van der Waals surface area contributed by atoms with Gasteiger partial charge in [-0.1, -0.05) is 6.92 Å². The Morgan fingerprint density at radius 2 is 2.42 bits per heavy atom. The lowest BCUT2D eigenvalue weighted by molar-refractivity contribution is -0.153. The van der Waals surface area contributed by atoms with Gasteiger partial charge in [0.1, 0.15) is 11.5 Å². The molecule has 1 fully saturated rings. The fraction of sp³-hybridized carbons (Fsp3) is 0.750. The molecule has 68 valence electrons. The summed E-state index contributed by atoms with van der Waals surface area (Å²) >= 11 is 0. The van der Waals surface area contributed by atoms with Gasteiger partial charge in [0.15, 0.2) is 0 Å². The van der Waals surface area contributed by atoms with Crippen LogP contribution in [0.1, 0.15) is 26.7 Å². The van der Waals surface area contributed by atoms with E-state index in [9.17, 15) is 9.59 Å². The number of esters is 1. The Bertz CT molecular complexity index is 223. The van der Waals surface area contributed by atoms with Crippen molar-refractivity contribution >= 4 is 11.9 Å². The molecular weight excluding hydrogens is 160 g/mol. The number of carboxylic acids is 1. The van der Waals surface area contributed by atoms with E-state index in [2.05, 4.69) is 0 Å². The van der Waals surface area contributed by atoms with Crippen molar-refractivity contribution in [2.75, 3.05) is 0 Å². The second-order valence-corrected chi connectivity index (χ2v) is 3.24. The lowest BCUT2D eigenvalue weighted by Crippen LogP contribution is -2.35. The molecule has 0 spiro atoms. The van der Waals surface area contributed by atoms with E-state index in [1.54, 1.807) is 6.92 Å². The maximum Gasteiger partial charge on any atom is 0.311 e. The average Bonchev–Trinajstić information content (AvgIpc) is 2.27. The Hall–Kier alpha value is -1.06. The molecule has 0 aromatic carbocycles. The zero-order valence-corrected chi connectivity index (χ0v) is 7.16. The summed E-state index contributed by atoms with van der Waals surface area (Å²) in [4.78, 5) is 21.5. The van der Waals surface area contributed by atoms with Gasteiger partial charge < -0.3 is 9.84 Å². The molecule has 0 aromatic rings. The SMILES string of the molecule is CC[C@@]1(C)OC(=O)C[C@@H]1C(=O)O. The first-order valence-corrected chi connectivity index (χ1v) is 3.94. The molecule has 1 heterocycles. The van der Waals surface area contributed by atoms with Crippen LogP contribution in [-0.4, -0.2) is 22.6 Å². The highest BCUT2D eigenvalue weighted by molar-refractivity contribution is 5.83. The van der Waals surface area contributed by atoms with Gasteiger partial charge in [-0.15, -0.1) is 0 Å². The lowest BCUT2D eigenvalue weighted by Gasteiger charge is -2.24. The standard InChI is InChI=1S/C8H12O4/c1-3-8(2)5(7(10)11)4-6(9)12-8/h5H,3-4H2,1-2H3,(H,10,11)/t5-,8-/m1/s1. The molecule has 1 rings (SSSR count). The quantitative estimate of drug-likeness (QED) is 0.626. The number of carbonyl (C=O) groups excluding carboxylic acids is 1. The highest BCUT2D eigenvalue weighted by atomic mass is 16.6. The number of ether oxygens (including phenoxy) is 1. The summed E-state index contributed by atoms with van der Waals surface area (Å²) in [6, 6.07) is 0. The minimum atomic E-state index is -0.954. The van der Waals surface area contributed by atoms with Crippen LogP contribution in [0.5, 0.6) is 0 Å². The molecule has 0 amide bonds. The van der Waals surface area contributed by atoms with E-state index in [0.29, 0.717) is 6.42 Å². The summed E-state index contributed by atoms with van der Waals surface area (Å²) in [5.74, 6) is -2.05. The van der Waals surface area contributed by atoms with Crippen LogP contribution in [0.15, 0.2) is 0 Å². The first-order chi connectivity index (χ1) is 5.49. The molecule has 1 aliphatic rings. The van der Waals surface area contributed by atoms with Gasteiger partial charge >= 0.3 is 11.9 Å². The highest BCUT2D eigenvalue weighted by Gasteiger charge is 2.48. The van der Waals surface area contributed by atoms with E-state index < -0.39 is 23.5 Å². The predicted molar refractivity (Wildman–Crippen MR) is 40.5 cm³/mol. The van der Waals surface area contributed by atoms with Crippen LogP contribution in [0.4, 0.5) is 0 Å². The minimum absolute atomic E-state index is 0.000324. The molecule has 0 aromatic heterocycles. The lowest BCUT2D eigenvalue weighted by atomic mass is 9.87. The van der Waals surface area contributed by atoms with Gasteiger partial charge in [-0.3, -0.25) is 9.59 Å². The molecule has 1 N–H and O–H groups in total. The van der Waals surface area contributed by atoms with Crippen molar-refractivity contribution in [1.82, 2.24) is 0 Å². The molecule has 4 nitrogen and oxygen atoms in total. The molecule has 2 atom stereocenters. The molecule has 0 bridgehead atoms. The third kappa shape index (κ3) is 1.29. The van der Waals surface area contributed by atoms with Crippen LogP contribution in [0.2, 0.25) is 0 Å². The average molecular weight is 172 g/mol. The number of hydrogen-bond donors (Lipinski definition) is 1. The Kier molecular flexibility index (Phi) is 2.08. The highest BCUT2D eigenvalue weighted by Crippen LogP contribution is 2.35. The van der Waals surface area contributed by atoms with Crippen LogP contribution in [-0.2, 0) is 14.3 Å². The molecule has 1 aliphatic heterocycles. The molecule has 0 saturated carbocycles. The largest absolute Gasteiger partial charge is 0.481 e. The van der Waals surface area contributed by atoms with Gasteiger partial charge in [-0.05, 0) is 13.3 Å². The molecular formula is C8H12O4. The number of carbonyl (C=O) groups is 2. The second-order valence-electron chi connectivity index (χ2n) is 3.24. The van der Waals surface area contributed by atoms with Crippen LogP contribution in [0.25, 0.3) is 0 Å². The van der Waals surface area contributed by atoms with Crippen molar-refractivity contribution in [1.29, 1.82) is 0 Å². The monoisotopic (exact) mass is 172 g/mol. The second kappa shape index (κ2) is 2.77. The predicted octanol–water partition coefficient (Wildman–Crippen LogP) is 0.803. The fourth-order valence-corrected chi connectivity index (χ4v) is 1.42. The van der Waals surface area contributed by atoms with Crippen LogP contribution >= 0.6 is 0 Å². The third-order valence-electron chi connectivity index (χ3n) is 2.46. The van der Waals surface area contributed by atoms with Gasteiger partial charge in [0, 0.05) is 0 Å². The van der Waals surface area contributed by atoms with Gasteiger partial charge in [0.2, 0.25) is 0 Å². The number of hydrogen-bond acceptors (Lipinski definition) is 3. The van der Waals surface area contributed by atoms with Crippen molar-refractivity contribution in [2.24, 2.45) is 5.92 Å². The number of aliphatic carboxylic acids is 1. The van der Waals surface area contributed by atoms with Crippen LogP contribution in [0, 0.1) is 5.92 Å². The molecule has 0 aliphatic carbocycles. The van der Waals surface area contributed by atoms with Gasteiger partial charge in [0.25, 0.3) is 0 Å². The van der Waals surface area contributed by atoms with Crippen molar-refractivity contribution in [3.8, 4) is 0 Å². The van der Waals surface area contributed by atoms with Gasteiger partial charge in [-0.2, -0.15) is 0 Å². The number of rotatable bonds is 2. The zero-order chi connectivity index (χ0) is 9.35. The Morgan fingerprint density at radius 3 is 2.75 bits per heavy atom. The number of carboxylic acid groups (broad SMARTS) is 1. The topological polar surface area (TPSA) is 63.6 Å². The Morgan fingerprint density at radius 1 is 1.83 bits per heavy atom. The molecule has 0 unspecified atom stereocenters.